The molecule has 0 bridgehead atoms. The van der Waals surface area contributed by atoms with Gasteiger partial charge in [0.2, 0.25) is 5.91 Å². The van der Waals surface area contributed by atoms with E-state index in [0.717, 1.165) is 10.6 Å². The van der Waals surface area contributed by atoms with Crippen LogP contribution in [0.3, 0.4) is 0 Å². The van der Waals surface area contributed by atoms with Crippen molar-refractivity contribution in [3.8, 4) is 0 Å². The van der Waals surface area contributed by atoms with E-state index in [1.54, 1.807) is 34.6 Å². The Kier molecular flexibility index (Phi) is 10.1. The van der Waals surface area contributed by atoms with Crippen LogP contribution in [0, 0.1) is 0 Å². The van der Waals surface area contributed by atoms with Gasteiger partial charge in [0.1, 0.15) is 12.2 Å². The zero-order chi connectivity index (χ0) is 21.2. The third-order valence-electron chi connectivity index (χ3n) is 3.36. The SMILES string of the molecule is CCOP(=O)(OCC)C(F)CCN(OCc1ccccc1)C(=O)OC(C)(C)C. The largest absolute Gasteiger partial charge is 0.442 e. The van der Waals surface area contributed by atoms with Crippen LogP contribution in [0.1, 0.15) is 46.6 Å². The van der Waals surface area contributed by atoms with Crippen LogP contribution < -0.4 is 0 Å². The summed E-state index contributed by atoms with van der Waals surface area (Å²) in [5.74, 6) is -1.89. The molecule has 160 valence electrons. The lowest BCUT2D eigenvalue weighted by Crippen LogP contribution is -2.38. The second kappa shape index (κ2) is 11.5. The van der Waals surface area contributed by atoms with Gasteiger partial charge in [0.15, 0.2) is 0 Å². The number of hydroxylamine groups is 2. The standard InChI is InChI=1S/C19H31FNO6P/c1-6-25-28(23,26-7-2)17(20)13-14-21(18(22)27-19(3,4)5)24-15-16-11-9-8-10-12-16/h8-12,17H,6-7,13-15H2,1-5H3. The van der Waals surface area contributed by atoms with Crippen LogP contribution in [0.4, 0.5) is 9.18 Å². The summed E-state index contributed by atoms with van der Waals surface area (Å²) >= 11 is 0. The Labute approximate surface area is 166 Å². The summed E-state index contributed by atoms with van der Waals surface area (Å²) in [6, 6.07) is 9.22. The number of alkyl halides is 1. The topological polar surface area (TPSA) is 74.3 Å². The lowest BCUT2D eigenvalue weighted by Gasteiger charge is -2.28. The zero-order valence-electron chi connectivity index (χ0n) is 17.2. The minimum Gasteiger partial charge on any atom is -0.442 e. The lowest BCUT2D eigenvalue weighted by molar-refractivity contribution is -0.157. The molecule has 1 amide bonds. The molecule has 0 N–H and O–H groups in total. The first-order valence-corrected chi connectivity index (χ1v) is 10.9. The Bertz CT molecular complexity index is 627. The van der Waals surface area contributed by atoms with Gasteiger partial charge in [0.25, 0.3) is 0 Å². The molecule has 1 atom stereocenters. The molecule has 7 nitrogen and oxygen atoms in total. The molecule has 0 fully saturated rings. The number of carbonyl (C=O) groups excluding carboxylic acids is 1. The Morgan fingerprint density at radius 2 is 1.71 bits per heavy atom. The first-order valence-electron chi connectivity index (χ1n) is 9.31. The molecule has 0 saturated heterocycles. The number of nitrogens with zero attached hydrogens (tertiary/aromatic N) is 1. The molecule has 0 aliphatic heterocycles. The molecule has 0 spiro atoms. The summed E-state index contributed by atoms with van der Waals surface area (Å²) in [6.45, 7) is 8.40. The van der Waals surface area contributed by atoms with Crippen molar-refractivity contribution in [3.63, 3.8) is 0 Å². The maximum absolute atomic E-state index is 14.6. The van der Waals surface area contributed by atoms with E-state index in [1.807, 2.05) is 30.3 Å². The van der Waals surface area contributed by atoms with E-state index in [4.69, 9.17) is 18.6 Å². The van der Waals surface area contributed by atoms with Gasteiger partial charge in [-0.1, -0.05) is 30.3 Å². The van der Waals surface area contributed by atoms with Gasteiger partial charge in [0.05, 0.1) is 19.8 Å². The maximum atomic E-state index is 14.6. The van der Waals surface area contributed by atoms with Crippen LogP contribution in [-0.2, 0) is 29.8 Å². The second-order valence-corrected chi connectivity index (χ2v) is 9.10. The van der Waals surface area contributed by atoms with E-state index < -0.39 is 25.2 Å². The van der Waals surface area contributed by atoms with Crippen LogP contribution in [0.2, 0.25) is 0 Å². The highest BCUT2D eigenvalue weighted by molar-refractivity contribution is 7.54. The van der Waals surface area contributed by atoms with Gasteiger partial charge in [-0.25, -0.2) is 9.18 Å². The summed E-state index contributed by atoms with van der Waals surface area (Å²) in [5, 5.41) is 0.938. The number of hydrogen-bond acceptors (Lipinski definition) is 6. The van der Waals surface area contributed by atoms with Gasteiger partial charge in [0, 0.05) is 6.42 Å². The monoisotopic (exact) mass is 419 g/mol. The van der Waals surface area contributed by atoms with Crippen molar-refractivity contribution < 1.29 is 32.4 Å². The Balaban J connectivity index is 2.80. The fourth-order valence-corrected chi connectivity index (χ4v) is 3.74. The molecule has 0 saturated carbocycles. The molecule has 1 rings (SSSR count). The summed E-state index contributed by atoms with van der Waals surface area (Å²) in [4.78, 5) is 18.0. The first-order chi connectivity index (χ1) is 13.1. The number of amides is 1. The smallest absolute Gasteiger partial charge is 0.434 e. The minimum absolute atomic E-state index is 0.0536. The molecule has 0 aliphatic rings. The quantitative estimate of drug-likeness (QED) is 0.358. The van der Waals surface area contributed by atoms with E-state index in [9.17, 15) is 13.8 Å². The number of rotatable bonds is 11. The molecule has 0 heterocycles. The highest BCUT2D eigenvalue weighted by Crippen LogP contribution is 2.54. The number of carbonyl (C=O) groups is 1. The van der Waals surface area contributed by atoms with Gasteiger partial charge in [-0.15, -0.1) is 0 Å². The average Bonchev–Trinajstić information content (AvgIpc) is 2.61. The van der Waals surface area contributed by atoms with Crippen LogP contribution in [0.25, 0.3) is 0 Å². The van der Waals surface area contributed by atoms with Gasteiger partial charge < -0.3 is 13.8 Å². The number of ether oxygens (including phenoxy) is 1. The van der Waals surface area contributed by atoms with Gasteiger partial charge in [-0.3, -0.25) is 9.40 Å². The van der Waals surface area contributed by atoms with Crippen LogP contribution in [0.15, 0.2) is 30.3 Å². The average molecular weight is 419 g/mol. The van der Waals surface area contributed by atoms with Gasteiger partial charge in [-0.2, -0.15) is 5.06 Å². The van der Waals surface area contributed by atoms with E-state index in [2.05, 4.69) is 0 Å². The van der Waals surface area contributed by atoms with E-state index in [-0.39, 0.29) is 32.8 Å². The minimum atomic E-state index is -3.92. The lowest BCUT2D eigenvalue weighted by atomic mass is 10.2. The van der Waals surface area contributed by atoms with Crippen LogP contribution >= 0.6 is 7.60 Å². The van der Waals surface area contributed by atoms with Crippen molar-refractivity contribution in [3.05, 3.63) is 35.9 Å². The fourth-order valence-electron chi connectivity index (χ4n) is 2.19. The fraction of sp³-hybridized carbons (Fsp3) is 0.632. The van der Waals surface area contributed by atoms with Crippen LogP contribution in [-0.4, -0.2) is 42.4 Å². The summed E-state index contributed by atoms with van der Waals surface area (Å²) in [6.07, 6.45) is -1.04. The van der Waals surface area contributed by atoms with E-state index in [0.29, 0.717) is 0 Å². The zero-order valence-corrected chi connectivity index (χ0v) is 18.1. The third-order valence-corrected chi connectivity index (χ3v) is 5.54. The molecule has 9 heteroatoms. The number of halogens is 1. The van der Waals surface area contributed by atoms with Crippen molar-refractivity contribution in [1.82, 2.24) is 5.06 Å². The number of benzene rings is 1. The molecule has 1 aromatic rings. The van der Waals surface area contributed by atoms with E-state index >= 15 is 0 Å². The van der Waals surface area contributed by atoms with Crippen molar-refractivity contribution in [1.29, 1.82) is 0 Å². The normalized spacial score (nSPS) is 13.2. The molecular weight excluding hydrogens is 388 g/mol. The summed E-state index contributed by atoms with van der Waals surface area (Å²) in [5.41, 5.74) is 0.0918. The molecule has 1 aromatic carbocycles. The Hall–Kier alpha value is -1.47. The molecule has 0 aromatic heterocycles. The van der Waals surface area contributed by atoms with E-state index in [1.165, 1.54) is 0 Å². The molecule has 1 unspecified atom stereocenters. The van der Waals surface area contributed by atoms with Crippen molar-refractivity contribution in [2.24, 2.45) is 0 Å². The highest BCUT2D eigenvalue weighted by atomic mass is 31.2. The molecular formula is C19H31FNO6P. The van der Waals surface area contributed by atoms with Crippen molar-refractivity contribution in [2.45, 2.75) is 59.2 Å². The first kappa shape index (κ1) is 24.6. The molecule has 0 radical (unpaired) electrons. The maximum Gasteiger partial charge on any atom is 0.434 e. The second-order valence-electron chi connectivity index (χ2n) is 6.94. The predicted molar refractivity (Wildman–Crippen MR) is 105 cm³/mol. The summed E-state index contributed by atoms with van der Waals surface area (Å²) in [7, 11) is -3.92. The summed E-state index contributed by atoms with van der Waals surface area (Å²) < 4.78 is 42.5. The third kappa shape index (κ3) is 8.69. The van der Waals surface area contributed by atoms with Gasteiger partial charge >= 0.3 is 13.7 Å². The van der Waals surface area contributed by atoms with Crippen LogP contribution in [0.5, 0.6) is 0 Å². The Morgan fingerprint density at radius 3 is 2.21 bits per heavy atom. The van der Waals surface area contributed by atoms with Gasteiger partial charge in [-0.05, 0) is 40.2 Å². The molecule has 0 aliphatic carbocycles. The highest BCUT2D eigenvalue weighted by Gasteiger charge is 2.36. The predicted octanol–water partition coefficient (Wildman–Crippen LogP) is 5.31. The van der Waals surface area contributed by atoms with Crippen molar-refractivity contribution in [2.75, 3.05) is 19.8 Å². The molecule has 28 heavy (non-hydrogen) atoms. The Morgan fingerprint density at radius 1 is 1.14 bits per heavy atom. The number of hydrogen-bond donors (Lipinski definition) is 0. The van der Waals surface area contributed by atoms with Crippen molar-refractivity contribution >= 4 is 13.7 Å².